The summed E-state index contributed by atoms with van der Waals surface area (Å²) >= 11 is 5.16. The van der Waals surface area contributed by atoms with Gasteiger partial charge in [0.15, 0.2) is 0 Å². The maximum atomic E-state index is 5.80. The summed E-state index contributed by atoms with van der Waals surface area (Å²) < 4.78 is 2.13. The van der Waals surface area contributed by atoms with Crippen LogP contribution in [0.1, 0.15) is 0 Å². The number of aromatic nitrogens is 2. The Morgan fingerprint density at radius 1 is 1.24 bits per heavy atom. The molecular weight excluding hydrogens is 298 g/mol. The average Bonchev–Trinajstić information content (AvgIpc) is 2.75. The molecule has 0 bridgehead atoms. The Morgan fingerprint density at radius 2 is 2.12 bits per heavy atom. The van der Waals surface area contributed by atoms with Crippen molar-refractivity contribution in [3.05, 3.63) is 41.1 Å². The minimum Gasteiger partial charge on any atom is -0.399 e. The van der Waals surface area contributed by atoms with Gasteiger partial charge in [0, 0.05) is 21.9 Å². The highest BCUT2D eigenvalue weighted by Gasteiger charge is 2.09. The molecule has 2 N–H and O–H groups in total. The highest BCUT2D eigenvalue weighted by molar-refractivity contribution is 9.10. The van der Waals surface area contributed by atoms with Gasteiger partial charge < -0.3 is 5.73 Å². The zero-order chi connectivity index (χ0) is 11.8. The van der Waals surface area contributed by atoms with Crippen molar-refractivity contribution in [1.29, 1.82) is 0 Å². The van der Waals surface area contributed by atoms with Crippen molar-refractivity contribution < 1.29 is 0 Å². The quantitative estimate of drug-likeness (QED) is 0.697. The number of nitrogens with zero attached hydrogens (tertiary/aromatic N) is 2. The lowest BCUT2D eigenvalue weighted by molar-refractivity contribution is 1.34. The highest BCUT2D eigenvalue weighted by Crippen LogP contribution is 2.35. The standard InChI is InChI=1S/C12H8BrN3S/c13-9-2-1-7(14)5-8(9)12-16-10-6-15-4-3-11(10)17-12/h1-6H,14H2. The van der Waals surface area contributed by atoms with Crippen LogP contribution in [-0.4, -0.2) is 9.97 Å². The van der Waals surface area contributed by atoms with Crippen LogP contribution in [0, 0.1) is 0 Å². The number of anilines is 1. The van der Waals surface area contributed by atoms with Gasteiger partial charge in [-0.15, -0.1) is 11.3 Å². The largest absolute Gasteiger partial charge is 0.399 e. The van der Waals surface area contributed by atoms with E-state index in [1.54, 1.807) is 23.7 Å². The zero-order valence-corrected chi connectivity index (χ0v) is 11.1. The van der Waals surface area contributed by atoms with Crippen LogP contribution in [0.2, 0.25) is 0 Å². The van der Waals surface area contributed by atoms with E-state index in [2.05, 4.69) is 25.9 Å². The molecule has 2 aromatic heterocycles. The molecule has 3 rings (SSSR count). The summed E-state index contributed by atoms with van der Waals surface area (Å²) in [5, 5.41) is 0.951. The fourth-order valence-electron chi connectivity index (χ4n) is 1.60. The van der Waals surface area contributed by atoms with Gasteiger partial charge in [0.25, 0.3) is 0 Å². The molecule has 0 saturated carbocycles. The second-order valence-corrected chi connectivity index (χ2v) is 5.49. The number of halogens is 1. The summed E-state index contributed by atoms with van der Waals surface area (Å²) in [7, 11) is 0. The Balaban J connectivity index is 2.23. The van der Waals surface area contributed by atoms with E-state index in [0.717, 1.165) is 30.9 Å². The molecule has 84 valence electrons. The Kier molecular flexibility index (Phi) is 2.57. The number of fused-ring (bicyclic) bond motifs is 1. The van der Waals surface area contributed by atoms with E-state index in [1.807, 2.05) is 24.3 Å². The van der Waals surface area contributed by atoms with Gasteiger partial charge in [0.05, 0.1) is 10.9 Å². The smallest absolute Gasteiger partial charge is 0.125 e. The maximum Gasteiger partial charge on any atom is 0.125 e. The molecule has 1 aromatic carbocycles. The summed E-state index contributed by atoms with van der Waals surface area (Å²) in [5.74, 6) is 0. The number of thiazole rings is 1. The van der Waals surface area contributed by atoms with Crippen LogP contribution in [0.15, 0.2) is 41.1 Å². The Bertz CT molecular complexity index is 660. The minimum atomic E-state index is 0.737. The van der Waals surface area contributed by atoms with Gasteiger partial charge >= 0.3 is 0 Å². The fraction of sp³-hybridized carbons (Fsp3) is 0. The molecule has 0 amide bonds. The van der Waals surface area contributed by atoms with E-state index < -0.39 is 0 Å². The molecule has 0 aliphatic rings. The molecule has 0 aliphatic carbocycles. The first-order valence-electron chi connectivity index (χ1n) is 5.00. The third kappa shape index (κ3) is 1.92. The minimum absolute atomic E-state index is 0.737. The molecule has 2 heterocycles. The predicted molar refractivity (Wildman–Crippen MR) is 75.0 cm³/mol. The predicted octanol–water partition coefficient (Wildman–Crippen LogP) is 3.70. The highest BCUT2D eigenvalue weighted by atomic mass is 79.9. The van der Waals surface area contributed by atoms with Crippen molar-refractivity contribution in [3.8, 4) is 10.6 Å². The first kappa shape index (κ1) is 10.7. The number of hydrogen-bond donors (Lipinski definition) is 1. The summed E-state index contributed by atoms with van der Waals surface area (Å²) in [4.78, 5) is 8.62. The SMILES string of the molecule is Nc1ccc(Br)c(-c2nc3cnccc3s2)c1. The molecule has 17 heavy (non-hydrogen) atoms. The van der Waals surface area contributed by atoms with Crippen molar-refractivity contribution >= 4 is 43.2 Å². The zero-order valence-electron chi connectivity index (χ0n) is 8.72. The van der Waals surface area contributed by atoms with Gasteiger partial charge in [-0.05, 0) is 24.3 Å². The van der Waals surface area contributed by atoms with Crippen molar-refractivity contribution in [1.82, 2.24) is 9.97 Å². The van der Waals surface area contributed by atoms with Crippen LogP contribution < -0.4 is 5.73 Å². The number of hydrogen-bond acceptors (Lipinski definition) is 4. The van der Waals surface area contributed by atoms with Gasteiger partial charge in [-0.25, -0.2) is 4.98 Å². The van der Waals surface area contributed by atoms with Crippen LogP contribution in [-0.2, 0) is 0 Å². The second-order valence-electron chi connectivity index (χ2n) is 3.60. The Labute approximate surface area is 110 Å². The monoisotopic (exact) mass is 305 g/mol. The molecule has 0 spiro atoms. The summed E-state index contributed by atoms with van der Waals surface area (Å²) in [6.45, 7) is 0. The second kappa shape index (κ2) is 4.09. The summed E-state index contributed by atoms with van der Waals surface area (Å²) in [6, 6.07) is 7.70. The van der Waals surface area contributed by atoms with Gasteiger partial charge in [-0.2, -0.15) is 0 Å². The lowest BCUT2D eigenvalue weighted by Crippen LogP contribution is -1.86. The van der Waals surface area contributed by atoms with Crippen LogP contribution in [0.5, 0.6) is 0 Å². The van der Waals surface area contributed by atoms with Crippen molar-refractivity contribution in [2.45, 2.75) is 0 Å². The topological polar surface area (TPSA) is 51.8 Å². The molecule has 0 saturated heterocycles. The lowest BCUT2D eigenvalue weighted by Gasteiger charge is -2.01. The van der Waals surface area contributed by atoms with Crippen molar-refractivity contribution in [3.63, 3.8) is 0 Å². The van der Waals surface area contributed by atoms with Crippen LogP contribution in [0.4, 0.5) is 5.69 Å². The van der Waals surface area contributed by atoms with E-state index in [1.165, 1.54) is 0 Å². The van der Waals surface area contributed by atoms with Crippen molar-refractivity contribution in [2.24, 2.45) is 0 Å². The Hall–Kier alpha value is -1.46. The third-order valence-corrected chi connectivity index (χ3v) is 4.17. The van der Waals surface area contributed by atoms with Gasteiger partial charge in [-0.1, -0.05) is 15.9 Å². The van der Waals surface area contributed by atoms with E-state index >= 15 is 0 Å². The number of nitrogens with two attached hydrogens (primary N) is 1. The van der Waals surface area contributed by atoms with E-state index in [0.29, 0.717) is 0 Å². The molecule has 0 unspecified atom stereocenters. The van der Waals surface area contributed by atoms with E-state index in [4.69, 9.17) is 5.73 Å². The van der Waals surface area contributed by atoms with Gasteiger partial charge in [0.2, 0.25) is 0 Å². The Morgan fingerprint density at radius 3 is 2.94 bits per heavy atom. The third-order valence-electron chi connectivity index (χ3n) is 2.41. The average molecular weight is 306 g/mol. The van der Waals surface area contributed by atoms with Crippen LogP contribution >= 0.6 is 27.3 Å². The molecule has 3 aromatic rings. The summed E-state index contributed by atoms with van der Waals surface area (Å²) in [6.07, 6.45) is 3.55. The van der Waals surface area contributed by atoms with Gasteiger partial charge in [-0.3, -0.25) is 4.98 Å². The number of pyridine rings is 1. The number of nitrogen functional groups attached to an aromatic ring is 1. The molecule has 0 radical (unpaired) electrons. The molecular formula is C12H8BrN3S. The normalized spacial score (nSPS) is 10.9. The van der Waals surface area contributed by atoms with Crippen LogP contribution in [0.3, 0.4) is 0 Å². The number of benzene rings is 1. The molecule has 3 nitrogen and oxygen atoms in total. The maximum absolute atomic E-state index is 5.80. The summed E-state index contributed by atoms with van der Waals surface area (Å²) in [5.41, 5.74) is 8.48. The molecule has 0 atom stereocenters. The van der Waals surface area contributed by atoms with Gasteiger partial charge in [0.1, 0.15) is 10.5 Å². The fourth-order valence-corrected chi connectivity index (χ4v) is 3.13. The molecule has 0 fully saturated rings. The molecule has 5 heteroatoms. The molecule has 0 aliphatic heterocycles. The number of rotatable bonds is 1. The van der Waals surface area contributed by atoms with Crippen molar-refractivity contribution in [2.75, 3.05) is 5.73 Å². The first-order valence-corrected chi connectivity index (χ1v) is 6.61. The lowest BCUT2D eigenvalue weighted by atomic mass is 10.2. The van der Waals surface area contributed by atoms with E-state index in [9.17, 15) is 0 Å². The van der Waals surface area contributed by atoms with Crippen LogP contribution in [0.25, 0.3) is 20.8 Å². The van der Waals surface area contributed by atoms with E-state index in [-0.39, 0.29) is 0 Å². The first-order chi connectivity index (χ1) is 8.24.